The summed E-state index contributed by atoms with van der Waals surface area (Å²) in [6.07, 6.45) is 12.1. The largest absolute Gasteiger partial charge is 0.490 e. The summed E-state index contributed by atoms with van der Waals surface area (Å²) < 4.78 is 8.45. The molecular weight excluding hydrogens is 716 g/mol. The lowest BCUT2D eigenvalue weighted by Crippen LogP contribution is -2.49. The standard InChI is InChI=1S/C42H47ClN8O4/c43-37-25-35(8-3-30(37)26-44)55-34-9-4-31(5-10-34)46-41(53)29-1-6-32(7-2-29)49-21-12-28(13-22-49)27-48-19-14-33(15-20-48)50-23-16-36-38(50)11-18-45-40(36)51-24-17-39(52)47-42(51)54/h1-3,6-8,11,16,18,23,25,28,31,33-34H,4-5,9-10,12-15,17,19-22,24,27H2,(H,46,53)(H,47,52,54)/t31-,34-. The van der Waals surface area contributed by atoms with Crippen LogP contribution in [0, 0.1) is 17.2 Å². The number of urea groups is 1. The number of benzene rings is 2. The van der Waals surface area contributed by atoms with Gasteiger partial charge in [0.05, 0.1) is 22.2 Å². The summed E-state index contributed by atoms with van der Waals surface area (Å²) in [5.74, 6) is 1.67. The molecule has 2 aromatic heterocycles. The molecule has 4 aromatic rings. The molecule has 3 saturated heterocycles. The van der Waals surface area contributed by atoms with Crippen molar-refractivity contribution >= 4 is 51.9 Å². The van der Waals surface area contributed by atoms with Crippen LogP contribution in [0.1, 0.15) is 79.8 Å². The van der Waals surface area contributed by atoms with E-state index in [1.807, 2.05) is 24.3 Å². The topological polar surface area (TPSA) is 136 Å². The van der Waals surface area contributed by atoms with Crippen molar-refractivity contribution in [3.8, 4) is 11.8 Å². The number of piperidine rings is 2. The predicted molar refractivity (Wildman–Crippen MR) is 212 cm³/mol. The number of hydrogen-bond acceptors (Lipinski definition) is 8. The number of carbonyl (C=O) groups is 3. The molecule has 8 rings (SSSR count). The molecule has 286 valence electrons. The molecule has 0 unspecified atom stereocenters. The minimum absolute atomic E-state index is 0.0331. The number of nitriles is 1. The number of aromatic nitrogens is 2. The van der Waals surface area contributed by atoms with E-state index >= 15 is 0 Å². The summed E-state index contributed by atoms with van der Waals surface area (Å²) in [5.41, 5.74) is 3.37. The maximum absolute atomic E-state index is 13.1. The number of imide groups is 1. The number of ether oxygens (including phenoxy) is 1. The number of likely N-dealkylation sites (tertiary alicyclic amines) is 1. The zero-order valence-corrected chi connectivity index (χ0v) is 31.7. The van der Waals surface area contributed by atoms with Gasteiger partial charge in [-0.3, -0.25) is 19.8 Å². The second-order valence-electron chi connectivity index (χ2n) is 15.4. The minimum Gasteiger partial charge on any atom is -0.490 e. The summed E-state index contributed by atoms with van der Waals surface area (Å²) in [4.78, 5) is 48.4. The highest BCUT2D eigenvalue weighted by molar-refractivity contribution is 6.31. The summed E-state index contributed by atoms with van der Waals surface area (Å²) >= 11 is 6.16. The summed E-state index contributed by atoms with van der Waals surface area (Å²) in [5, 5.41) is 16.1. The van der Waals surface area contributed by atoms with Gasteiger partial charge in [-0.25, -0.2) is 9.78 Å². The van der Waals surface area contributed by atoms with Crippen LogP contribution in [0.3, 0.4) is 0 Å². The third-order valence-electron chi connectivity index (χ3n) is 11.9. The first-order chi connectivity index (χ1) is 26.8. The van der Waals surface area contributed by atoms with Crippen LogP contribution in [0.4, 0.5) is 16.3 Å². The van der Waals surface area contributed by atoms with Crippen LogP contribution in [0.15, 0.2) is 67.0 Å². The molecule has 5 heterocycles. The van der Waals surface area contributed by atoms with E-state index in [4.69, 9.17) is 21.6 Å². The average molecular weight is 763 g/mol. The molecule has 12 nitrogen and oxygen atoms in total. The number of amides is 4. The highest BCUT2D eigenvalue weighted by atomic mass is 35.5. The van der Waals surface area contributed by atoms with Crippen LogP contribution in [-0.2, 0) is 4.79 Å². The number of pyridine rings is 1. The van der Waals surface area contributed by atoms with E-state index < -0.39 is 6.03 Å². The fourth-order valence-electron chi connectivity index (χ4n) is 8.76. The maximum Gasteiger partial charge on any atom is 0.329 e. The van der Waals surface area contributed by atoms with Crippen molar-refractivity contribution in [3.63, 3.8) is 0 Å². The molecule has 0 spiro atoms. The first kappa shape index (κ1) is 36.8. The Bertz CT molecular complexity index is 2070. The SMILES string of the molecule is N#Cc1ccc(O[C@H]2CC[C@H](NC(=O)c3ccc(N4CCC(CN5CCC(n6ccc7c(N8CCC(=O)NC8=O)nccc76)CC5)CC4)cc3)CC2)cc1Cl. The van der Waals surface area contributed by atoms with Gasteiger partial charge in [0.1, 0.15) is 17.6 Å². The maximum atomic E-state index is 13.1. The van der Waals surface area contributed by atoms with Gasteiger partial charge in [0.2, 0.25) is 5.91 Å². The number of rotatable bonds is 9. The van der Waals surface area contributed by atoms with Crippen molar-refractivity contribution in [1.29, 1.82) is 5.26 Å². The number of nitrogens with zero attached hydrogens (tertiary/aromatic N) is 6. The molecule has 13 heteroatoms. The van der Waals surface area contributed by atoms with Crippen molar-refractivity contribution in [2.24, 2.45) is 5.92 Å². The molecule has 4 aliphatic rings. The van der Waals surface area contributed by atoms with E-state index in [1.54, 1.807) is 29.3 Å². The molecule has 4 amide bonds. The van der Waals surface area contributed by atoms with Crippen LogP contribution >= 0.6 is 11.6 Å². The van der Waals surface area contributed by atoms with E-state index in [2.05, 4.69) is 54.4 Å². The average Bonchev–Trinajstić information content (AvgIpc) is 3.64. The second-order valence-corrected chi connectivity index (χ2v) is 15.8. The Morgan fingerprint density at radius 3 is 2.40 bits per heavy atom. The van der Waals surface area contributed by atoms with E-state index in [0.29, 0.717) is 46.2 Å². The van der Waals surface area contributed by atoms with Gasteiger partial charge in [0, 0.05) is 92.9 Å². The Morgan fingerprint density at radius 1 is 0.927 bits per heavy atom. The Hall–Kier alpha value is -5.12. The lowest BCUT2D eigenvalue weighted by Gasteiger charge is -2.38. The Labute approximate surface area is 326 Å². The van der Waals surface area contributed by atoms with E-state index in [0.717, 1.165) is 95.0 Å². The van der Waals surface area contributed by atoms with Gasteiger partial charge in [0.15, 0.2) is 0 Å². The molecule has 3 aliphatic heterocycles. The third kappa shape index (κ3) is 8.28. The summed E-state index contributed by atoms with van der Waals surface area (Å²) in [7, 11) is 0. The van der Waals surface area contributed by atoms with E-state index in [-0.39, 0.29) is 30.4 Å². The molecule has 0 atom stereocenters. The first-order valence-electron chi connectivity index (χ1n) is 19.6. The second kappa shape index (κ2) is 16.3. The molecule has 1 aliphatic carbocycles. The number of halogens is 1. The number of carbonyl (C=O) groups excluding carboxylic acids is 3. The third-order valence-corrected chi connectivity index (χ3v) is 12.2. The van der Waals surface area contributed by atoms with Crippen molar-refractivity contribution < 1.29 is 19.1 Å². The number of fused-ring (bicyclic) bond motifs is 1. The number of hydrogen-bond donors (Lipinski definition) is 2. The summed E-state index contributed by atoms with van der Waals surface area (Å²) in [6, 6.07) is 19.5. The van der Waals surface area contributed by atoms with Crippen LogP contribution in [0.5, 0.6) is 5.75 Å². The zero-order valence-electron chi connectivity index (χ0n) is 31.0. The van der Waals surface area contributed by atoms with Crippen LogP contribution in [0.25, 0.3) is 10.9 Å². The number of nitrogens with one attached hydrogen (secondary N) is 2. The molecule has 0 radical (unpaired) electrons. The van der Waals surface area contributed by atoms with Gasteiger partial charge in [-0.05, 0) is 106 Å². The molecule has 2 aromatic carbocycles. The Kier molecular flexibility index (Phi) is 10.9. The molecule has 0 bridgehead atoms. The lowest BCUT2D eigenvalue weighted by atomic mass is 9.92. The van der Waals surface area contributed by atoms with E-state index in [9.17, 15) is 14.4 Å². The molecule has 55 heavy (non-hydrogen) atoms. The summed E-state index contributed by atoms with van der Waals surface area (Å²) in [6.45, 7) is 5.62. The first-order valence-corrected chi connectivity index (χ1v) is 20.0. The Balaban J connectivity index is 0.760. The van der Waals surface area contributed by atoms with Gasteiger partial charge in [-0.2, -0.15) is 5.26 Å². The molecule has 2 N–H and O–H groups in total. The fourth-order valence-corrected chi connectivity index (χ4v) is 8.97. The highest BCUT2D eigenvalue weighted by Crippen LogP contribution is 2.33. The minimum atomic E-state index is -0.410. The lowest BCUT2D eigenvalue weighted by molar-refractivity contribution is -0.120. The molecule has 4 fully saturated rings. The molecule has 1 saturated carbocycles. The fraction of sp³-hybridized carbons (Fsp3) is 0.452. The van der Waals surface area contributed by atoms with Gasteiger partial charge in [-0.15, -0.1) is 0 Å². The highest BCUT2D eigenvalue weighted by Gasteiger charge is 2.30. The Morgan fingerprint density at radius 2 is 1.69 bits per heavy atom. The van der Waals surface area contributed by atoms with Crippen LogP contribution < -0.4 is 25.2 Å². The normalized spacial score (nSPS) is 21.7. The zero-order chi connectivity index (χ0) is 37.9. The van der Waals surface area contributed by atoms with Crippen LogP contribution in [-0.4, -0.2) is 83.7 Å². The van der Waals surface area contributed by atoms with Gasteiger partial charge >= 0.3 is 6.03 Å². The molecular formula is C42H47ClN8O4. The van der Waals surface area contributed by atoms with Crippen molar-refractivity contribution in [1.82, 2.24) is 25.1 Å². The quantitative estimate of drug-likeness (QED) is 0.193. The van der Waals surface area contributed by atoms with Crippen LogP contribution in [0.2, 0.25) is 5.02 Å². The monoisotopic (exact) mass is 762 g/mol. The van der Waals surface area contributed by atoms with Gasteiger partial charge in [-0.1, -0.05) is 11.6 Å². The van der Waals surface area contributed by atoms with Crippen molar-refractivity contribution in [2.75, 3.05) is 49.1 Å². The van der Waals surface area contributed by atoms with Gasteiger partial charge < -0.3 is 24.4 Å². The number of anilines is 2. The van der Waals surface area contributed by atoms with Gasteiger partial charge in [0.25, 0.3) is 5.91 Å². The van der Waals surface area contributed by atoms with Crippen molar-refractivity contribution in [3.05, 3.63) is 83.1 Å². The van der Waals surface area contributed by atoms with Crippen molar-refractivity contribution in [2.45, 2.75) is 76.0 Å². The smallest absolute Gasteiger partial charge is 0.329 e. The van der Waals surface area contributed by atoms with E-state index in [1.165, 1.54) is 5.69 Å². The predicted octanol–water partition coefficient (Wildman–Crippen LogP) is 6.68.